The van der Waals surface area contributed by atoms with Gasteiger partial charge in [0, 0.05) is 18.5 Å². The molecule has 0 amide bonds. The molecule has 2 N–H and O–H groups in total. The van der Waals surface area contributed by atoms with Gasteiger partial charge in [-0.3, -0.25) is 4.79 Å². The monoisotopic (exact) mass is 231 g/mol. The van der Waals surface area contributed by atoms with Gasteiger partial charge < -0.3 is 14.9 Å². The summed E-state index contributed by atoms with van der Waals surface area (Å²) < 4.78 is 4.98. The van der Waals surface area contributed by atoms with E-state index < -0.39 is 11.9 Å². The normalized spacial score (nSPS) is 31.7. The second kappa shape index (κ2) is 5.47. The van der Waals surface area contributed by atoms with Gasteiger partial charge in [-0.25, -0.2) is 0 Å². The lowest BCUT2D eigenvalue weighted by atomic mass is 9.88. The lowest BCUT2D eigenvalue weighted by Crippen LogP contribution is -2.32. The van der Waals surface area contributed by atoms with Gasteiger partial charge in [-0.15, -0.1) is 0 Å². The van der Waals surface area contributed by atoms with E-state index in [1.54, 1.807) is 0 Å². The molecule has 4 nitrogen and oxygen atoms in total. The molecule has 1 aliphatic heterocycles. The highest BCUT2D eigenvalue weighted by atomic mass is 31.0. The van der Waals surface area contributed by atoms with Gasteiger partial charge in [0.2, 0.25) is 0 Å². The first-order chi connectivity index (χ1) is 7.06. The minimum Gasteiger partial charge on any atom is -0.485 e. The van der Waals surface area contributed by atoms with Crippen LogP contribution in [0.4, 0.5) is 0 Å². The second-order valence-electron chi connectivity index (χ2n) is 4.02. The van der Waals surface area contributed by atoms with Gasteiger partial charge in [-0.05, 0) is 19.8 Å². The predicted octanol–water partition coefficient (Wildman–Crippen LogP) is 1.40. The smallest absolute Gasteiger partial charge is 0.307 e. The fraction of sp³-hybridized carbons (Fsp3) is 0.700. The molecule has 1 heterocycles. The van der Waals surface area contributed by atoms with Crippen molar-refractivity contribution in [3.63, 3.8) is 0 Å². The molecular weight excluding hydrogens is 213 g/mol. The van der Waals surface area contributed by atoms with E-state index in [0.717, 1.165) is 6.42 Å². The maximum atomic E-state index is 11.1. The molecule has 0 saturated carbocycles. The van der Waals surface area contributed by atoms with Crippen LogP contribution in [0.1, 0.15) is 19.8 Å². The van der Waals surface area contributed by atoms with Gasteiger partial charge >= 0.3 is 5.97 Å². The average Bonchev–Trinajstić information content (AvgIpc) is 2.39. The molecule has 0 aromatic heterocycles. The van der Waals surface area contributed by atoms with Gasteiger partial charge in [0.25, 0.3) is 0 Å². The summed E-state index contributed by atoms with van der Waals surface area (Å²) >= 11 is 0. The average molecular weight is 231 g/mol. The van der Waals surface area contributed by atoms with Gasteiger partial charge in [0.15, 0.2) is 0 Å². The van der Waals surface area contributed by atoms with E-state index in [4.69, 9.17) is 9.63 Å². The van der Waals surface area contributed by atoms with Crippen LogP contribution in [0, 0.1) is 11.8 Å². The molecule has 5 heteroatoms. The highest BCUT2D eigenvalue weighted by Gasteiger charge is 2.33. The fourth-order valence-corrected chi connectivity index (χ4v) is 2.10. The number of nitrogens with one attached hydrogen (secondary N) is 1. The van der Waals surface area contributed by atoms with E-state index in [9.17, 15) is 4.79 Å². The summed E-state index contributed by atoms with van der Waals surface area (Å²) in [6, 6.07) is 0.356. The molecule has 1 rings (SSSR count). The van der Waals surface area contributed by atoms with E-state index in [1.165, 1.54) is 0 Å². The Labute approximate surface area is 92.4 Å². The highest BCUT2D eigenvalue weighted by Crippen LogP contribution is 2.28. The number of rotatable bonds is 3. The maximum Gasteiger partial charge on any atom is 0.307 e. The number of hydrogen-bond donors (Lipinski definition) is 2. The van der Waals surface area contributed by atoms with Gasteiger partial charge in [-0.1, -0.05) is 6.58 Å². The minimum absolute atomic E-state index is 0.148. The van der Waals surface area contributed by atoms with Crippen LogP contribution in [-0.2, 0) is 9.32 Å². The van der Waals surface area contributed by atoms with Crippen LogP contribution in [0.5, 0.6) is 0 Å². The molecule has 0 aliphatic carbocycles. The van der Waals surface area contributed by atoms with Crippen molar-refractivity contribution >= 4 is 15.4 Å². The summed E-state index contributed by atoms with van der Waals surface area (Å²) in [5.41, 5.74) is 0. The third kappa shape index (κ3) is 3.18. The molecule has 4 atom stereocenters. The molecular formula is C10H18NO3P. The number of hydrogen-bond acceptors (Lipinski definition) is 3. The van der Waals surface area contributed by atoms with Crippen molar-refractivity contribution in [2.45, 2.75) is 25.8 Å². The Morgan fingerprint density at radius 1 is 1.53 bits per heavy atom. The summed E-state index contributed by atoms with van der Waals surface area (Å²) in [6.07, 6.45) is 1.54. The molecule has 0 aromatic rings. The quantitative estimate of drug-likeness (QED) is 0.569. The Morgan fingerprint density at radius 2 is 2.20 bits per heavy atom. The third-order valence-corrected chi connectivity index (χ3v) is 3.27. The standard InChI is InChI=1S/C10H18NO3P/c1-6-3-4-8(10(12)13)9(5-11-6)7(2)14-15/h6,8-9,11H,2-5,15H2,1H3,(H,12,13). The van der Waals surface area contributed by atoms with E-state index in [1.807, 2.05) is 0 Å². The summed E-state index contributed by atoms with van der Waals surface area (Å²) in [5.74, 6) is -0.784. The van der Waals surface area contributed by atoms with Crippen molar-refractivity contribution in [1.82, 2.24) is 5.32 Å². The largest absolute Gasteiger partial charge is 0.485 e. The van der Waals surface area contributed by atoms with Crippen molar-refractivity contribution < 1.29 is 14.4 Å². The Bertz CT molecular complexity index is 257. The first-order valence-electron chi connectivity index (χ1n) is 5.08. The molecule has 1 saturated heterocycles. The van der Waals surface area contributed by atoms with E-state index in [0.29, 0.717) is 24.8 Å². The Hall–Kier alpha value is -0.600. The van der Waals surface area contributed by atoms with Crippen LogP contribution in [0.25, 0.3) is 0 Å². The summed E-state index contributed by atoms with van der Waals surface area (Å²) in [4.78, 5) is 11.1. The molecule has 15 heavy (non-hydrogen) atoms. The first kappa shape index (κ1) is 12.5. The molecule has 1 fully saturated rings. The lowest BCUT2D eigenvalue weighted by Gasteiger charge is -2.22. The molecule has 1 aliphatic rings. The van der Waals surface area contributed by atoms with Crippen molar-refractivity contribution in [2.24, 2.45) is 11.8 Å². The van der Waals surface area contributed by atoms with Crippen molar-refractivity contribution in [1.29, 1.82) is 0 Å². The van der Waals surface area contributed by atoms with Crippen LogP contribution >= 0.6 is 9.47 Å². The minimum atomic E-state index is -0.765. The zero-order valence-electron chi connectivity index (χ0n) is 8.90. The number of aliphatic carboxylic acids is 1. The second-order valence-corrected chi connectivity index (χ2v) is 4.26. The van der Waals surface area contributed by atoms with Gasteiger partial charge in [-0.2, -0.15) is 0 Å². The van der Waals surface area contributed by atoms with E-state index in [2.05, 4.69) is 28.3 Å². The fourth-order valence-electron chi connectivity index (χ4n) is 1.92. The third-order valence-electron chi connectivity index (χ3n) is 2.96. The van der Waals surface area contributed by atoms with Gasteiger partial charge in [0.1, 0.15) is 0 Å². The molecule has 0 radical (unpaired) electrons. The molecule has 0 aromatic carbocycles. The van der Waals surface area contributed by atoms with Crippen molar-refractivity contribution in [3.8, 4) is 0 Å². The topological polar surface area (TPSA) is 58.6 Å². The highest BCUT2D eigenvalue weighted by molar-refractivity contribution is 7.10. The molecule has 86 valence electrons. The number of carboxylic acid groups (broad SMARTS) is 1. The molecule has 0 bridgehead atoms. The SMILES string of the molecule is C=C(OP)C1CNC(C)CCC1C(=O)O. The summed E-state index contributed by atoms with van der Waals surface area (Å²) in [7, 11) is 2.12. The van der Waals surface area contributed by atoms with E-state index in [-0.39, 0.29) is 5.92 Å². The number of carboxylic acids is 1. The zero-order chi connectivity index (χ0) is 11.4. The first-order valence-corrected chi connectivity index (χ1v) is 5.55. The van der Waals surface area contributed by atoms with Gasteiger partial charge in [0.05, 0.1) is 21.1 Å². The maximum absolute atomic E-state index is 11.1. The van der Waals surface area contributed by atoms with E-state index >= 15 is 0 Å². The Balaban J connectivity index is 2.77. The number of carbonyl (C=O) groups is 1. The van der Waals surface area contributed by atoms with Crippen LogP contribution < -0.4 is 5.32 Å². The van der Waals surface area contributed by atoms with Crippen molar-refractivity contribution in [3.05, 3.63) is 12.3 Å². The Morgan fingerprint density at radius 3 is 2.73 bits per heavy atom. The Kier molecular flexibility index (Phi) is 4.55. The summed E-state index contributed by atoms with van der Waals surface area (Å²) in [6.45, 7) is 6.43. The predicted molar refractivity (Wildman–Crippen MR) is 61.2 cm³/mol. The molecule has 4 unspecified atom stereocenters. The van der Waals surface area contributed by atoms with Crippen LogP contribution in [-0.4, -0.2) is 23.7 Å². The van der Waals surface area contributed by atoms with Crippen LogP contribution in [0.3, 0.4) is 0 Å². The lowest BCUT2D eigenvalue weighted by molar-refractivity contribution is -0.143. The van der Waals surface area contributed by atoms with Crippen LogP contribution in [0.15, 0.2) is 12.3 Å². The summed E-state index contributed by atoms with van der Waals surface area (Å²) in [5, 5.41) is 12.4. The van der Waals surface area contributed by atoms with Crippen molar-refractivity contribution in [2.75, 3.05) is 6.54 Å². The zero-order valence-corrected chi connectivity index (χ0v) is 10.1. The van der Waals surface area contributed by atoms with Crippen LogP contribution in [0.2, 0.25) is 0 Å². The molecule has 0 spiro atoms.